The summed E-state index contributed by atoms with van der Waals surface area (Å²) in [5.41, 5.74) is 2.78. The van der Waals surface area contributed by atoms with Crippen LogP contribution in [0.4, 0.5) is 11.8 Å². The minimum atomic E-state index is 0.0938. The van der Waals surface area contributed by atoms with Gasteiger partial charge in [0.05, 0.1) is 5.56 Å². The van der Waals surface area contributed by atoms with Gasteiger partial charge in [-0.1, -0.05) is 6.07 Å². The van der Waals surface area contributed by atoms with Crippen LogP contribution in [0.5, 0.6) is 0 Å². The van der Waals surface area contributed by atoms with Gasteiger partial charge in [0, 0.05) is 68.9 Å². The van der Waals surface area contributed by atoms with Gasteiger partial charge in [-0.2, -0.15) is 4.98 Å². The molecule has 3 aromatic rings. The third-order valence-corrected chi connectivity index (χ3v) is 5.86. The molecule has 5 rings (SSSR count). The maximum absolute atomic E-state index is 13.0. The molecule has 0 atom stereocenters. The maximum Gasteiger partial charge on any atom is 0.255 e. The van der Waals surface area contributed by atoms with E-state index in [1.807, 2.05) is 52.9 Å². The second-order valence-corrected chi connectivity index (χ2v) is 7.90. The lowest BCUT2D eigenvalue weighted by molar-refractivity contribution is 0.0746. The van der Waals surface area contributed by atoms with Crippen molar-refractivity contribution in [2.24, 2.45) is 0 Å². The van der Waals surface area contributed by atoms with Crippen LogP contribution in [0.3, 0.4) is 0 Å². The predicted octanol–water partition coefficient (Wildman–Crippen LogP) is 2.60. The number of aromatic nitrogens is 3. The highest BCUT2D eigenvalue weighted by atomic mass is 16.2. The van der Waals surface area contributed by atoms with Crippen molar-refractivity contribution in [3.8, 4) is 0 Å². The van der Waals surface area contributed by atoms with Crippen LogP contribution in [0.2, 0.25) is 0 Å². The average molecular weight is 390 g/mol. The Balaban J connectivity index is 1.28. The van der Waals surface area contributed by atoms with Gasteiger partial charge in [-0.05, 0) is 38.0 Å². The fourth-order valence-corrected chi connectivity index (χ4v) is 4.25. The summed E-state index contributed by atoms with van der Waals surface area (Å²) in [6.07, 6.45) is 6.34. The van der Waals surface area contributed by atoms with Crippen LogP contribution in [-0.4, -0.2) is 64.4 Å². The highest BCUT2D eigenvalue weighted by Gasteiger charge is 2.25. The molecule has 1 amide bonds. The largest absolute Gasteiger partial charge is 0.356 e. The lowest BCUT2D eigenvalue weighted by Crippen LogP contribution is -2.49. The number of hydrogen-bond acceptors (Lipinski definition) is 5. The molecule has 0 aliphatic carbocycles. The summed E-state index contributed by atoms with van der Waals surface area (Å²) in [4.78, 5) is 28.9. The number of aryl methyl sites for hydroxylation is 1. The number of hydrogen-bond donors (Lipinski definition) is 0. The van der Waals surface area contributed by atoms with Crippen molar-refractivity contribution < 1.29 is 4.79 Å². The van der Waals surface area contributed by atoms with Gasteiger partial charge in [-0.3, -0.25) is 4.79 Å². The minimum Gasteiger partial charge on any atom is -0.356 e. The van der Waals surface area contributed by atoms with Crippen molar-refractivity contribution >= 4 is 23.2 Å². The Labute approximate surface area is 170 Å². The third-order valence-electron chi connectivity index (χ3n) is 5.86. The molecule has 2 fully saturated rings. The Hall–Kier alpha value is -3.09. The van der Waals surface area contributed by atoms with Gasteiger partial charge in [0.1, 0.15) is 5.82 Å². The van der Waals surface area contributed by atoms with Crippen LogP contribution in [0.1, 0.15) is 28.9 Å². The SMILES string of the molecule is Cc1cc(N2CCCC2)nc(N2CCN(C(=O)c3cc4ccccn4c3)CC2)n1. The van der Waals surface area contributed by atoms with Gasteiger partial charge >= 0.3 is 0 Å². The standard InChI is InChI=1S/C22H26N6O/c1-17-14-20(25-7-4-5-8-25)24-22(23-17)27-12-10-26(11-13-27)21(29)18-15-19-6-2-3-9-28(19)16-18/h2-3,6,9,14-16H,4-5,7-8,10-13H2,1H3. The fourth-order valence-electron chi connectivity index (χ4n) is 4.25. The number of rotatable bonds is 3. The van der Waals surface area contributed by atoms with Gasteiger partial charge in [0.2, 0.25) is 5.95 Å². The van der Waals surface area contributed by atoms with E-state index in [1.54, 1.807) is 0 Å². The molecule has 150 valence electrons. The number of piperazine rings is 1. The first-order valence-corrected chi connectivity index (χ1v) is 10.4. The zero-order valence-corrected chi connectivity index (χ0v) is 16.8. The zero-order chi connectivity index (χ0) is 19.8. The molecular weight excluding hydrogens is 364 g/mol. The lowest BCUT2D eigenvalue weighted by atomic mass is 10.2. The molecule has 2 aliphatic heterocycles. The van der Waals surface area contributed by atoms with Crippen molar-refractivity contribution in [1.29, 1.82) is 0 Å². The third kappa shape index (κ3) is 3.52. The van der Waals surface area contributed by atoms with Crippen molar-refractivity contribution in [3.05, 3.63) is 54.0 Å². The monoisotopic (exact) mass is 390 g/mol. The van der Waals surface area contributed by atoms with Crippen molar-refractivity contribution in [2.75, 3.05) is 49.1 Å². The zero-order valence-electron chi connectivity index (χ0n) is 16.8. The van der Waals surface area contributed by atoms with E-state index in [1.165, 1.54) is 12.8 Å². The van der Waals surface area contributed by atoms with E-state index in [0.29, 0.717) is 13.1 Å². The Bertz CT molecular complexity index is 998. The minimum absolute atomic E-state index is 0.0938. The van der Waals surface area contributed by atoms with Crippen LogP contribution in [-0.2, 0) is 0 Å². The highest BCUT2D eigenvalue weighted by molar-refractivity contribution is 5.95. The molecule has 2 aliphatic rings. The van der Waals surface area contributed by atoms with Crippen LogP contribution in [0.15, 0.2) is 42.7 Å². The quantitative estimate of drug-likeness (QED) is 0.688. The van der Waals surface area contributed by atoms with Gasteiger partial charge in [-0.25, -0.2) is 4.98 Å². The predicted molar refractivity (Wildman–Crippen MR) is 114 cm³/mol. The second kappa shape index (κ2) is 7.39. The van der Waals surface area contributed by atoms with Crippen LogP contribution in [0.25, 0.3) is 5.52 Å². The molecule has 0 bridgehead atoms. The highest BCUT2D eigenvalue weighted by Crippen LogP contribution is 2.22. The molecule has 0 radical (unpaired) electrons. The van der Waals surface area contributed by atoms with Crippen LogP contribution in [0, 0.1) is 6.92 Å². The first-order valence-electron chi connectivity index (χ1n) is 10.4. The molecule has 7 nitrogen and oxygen atoms in total. The molecule has 0 spiro atoms. The summed E-state index contributed by atoms with van der Waals surface area (Å²) in [7, 11) is 0. The van der Waals surface area contributed by atoms with Gasteiger partial charge in [0.25, 0.3) is 5.91 Å². The summed E-state index contributed by atoms with van der Waals surface area (Å²) in [5, 5.41) is 0. The Morgan fingerprint density at radius 1 is 0.931 bits per heavy atom. The molecule has 0 N–H and O–H groups in total. The van der Waals surface area contributed by atoms with E-state index in [0.717, 1.165) is 54.7 Å². The fraction of sp³-hybridized carbons (Fsp3) is 0.409. The van der Waals surface area contributed by atoms with Gasteiger partial charge < -0.3 is 19.1 Å². The first kappa shape index (κ1) is 18.0. The molecule has 0 unspecified atom stereocenters. The lowest BCUT2D eigenvalue weighted by Gasteiger charge is -2.35. The second-order valence-electron chi connectivity index (χ2n) is 7.90. The van der Waals surface area contributed by atoms with E-state index < -0.39 is 0 Å². The van der Waals surface area contributed by atoms with E-state index in [2.05, 4.69) is 20.9 Å². The summed E-state index contributed by atoms with van der Waals surface area (Å²) in [5.74, 6) is 1.91. The number of anilines is 2. The normalized spacial score (nSPS) is 17.3. The summed E-state index contributed by atoms with van der Waals surface area (Å²) in [6, 6.07) is 10.0. The van der Waals surface area contributed by atoms with Gasteiger partial charge in [0.15, 0.2) is 0 Å². The molecule has 0 aromatic carbocycles. The molecule has 2 saturated heterocycles. The molecule has 5 heterocycles. The summed E-state index contributed by atoms with van der Waals surface area (Å²) in [6.45, 7) is 7.05. The number of carbonyl (C=O) groups is 1. The number of nitrogens with zero attached hydrogens (tertiary/aromatic N) is 6. The Morgan fingerprint density at radius 3 is 2.48 bits per heavy atom. The first-order chi connectivity index (χ1) is 14.2. The molecule has 7 heteroatoms. The molecule has 0 saturated carbocycles. The molecule has 3 aromatic heterocycles. The van der Waals surface area contributed by atoms with E-state index in [9.17, 15) is 4.79 Å². The van der Waals surface area contributed by atoms with Crippen molar-refractivity contribution in [3.63, 3.8) is 0 Å². The number of pyridine rings is 1. The molecule has 29 heavy (non-hydrogen) atoms. The van der Waals surface area contributed by atoms with Crippen molar-refractivity contribution in [1.82, 2.24) is 19.3 Å². The van der Waals surface area contributed by atoms with E-state index >= 15 is 0 Å². The maximum atomic E-state index is 13.0. The number of carbonyl (C=O) groups excluding carboxylic acids is 1. The number of amides is 1. The average Bonchev–Trinajstić information content (AvgIpc) is 3.43. The molecular formula is C22H26N6O. The summed E-state index contributed by atoms with van der Waals surface area (Å²) < 4.78 is 1.99. The number of fused-ring (bicyclic) bond motifs is 1. The van der Waals surface area contributed by atoms with Crippen LogP contribution >= 0.6 is 0 Å². The van der Waals surface area contributed by atoms with Crippen molar-refractivity contribution in [2.45, 2.75) is 19.8 Å². The topological polar surface area (TPSA) is 57.0 Å². The van der Waals surface area contributed by atoms with Gasteiger partial charge in [-0.15, -0.1) is 0 Å². The Kier molecular flexibility index (Phi) is 4.58. The Morgan fingerprint density at radius 2 is 1.72 bits per heavy atom. The van der Waals surface area contributed by atoms with Crippen LogP contribution < -0.4 is 9.80 Å². The van der Waals surface area contributed by atoms with E-state index in [-0.39, 0.29) is 5.91 Å². The van der Waals surface area contributed by atoms with E-state index in [4.69, 9.17) is 4.98 Å². The smallest absolute Gasteiger partial charge is 0.255 e. The summed E-state index contributed by atoms with van der Waals surface area (Å²) >= 11 is 0.